The van der Waals surface area contributed by atoms with E-state index in [1.165, 1.54) is 11.1 Å². The molecule has 0 aromatic heterocycles. The molecule has 0 bridgehead atoms. The van der Waals surface area contributed by atoms with Crippen molar-refractivity contribution in [2.45, 2.75) is 32.6 Å². The topological polar surface area (TPSA) is 82.6 Å². The van der Waals surface area contributed by atoms with Crippen LogP contribution in [0.25, 0.3) is 0 Å². The first-order valence-electron chi connectivity index (χ1n) is 8.16. The van der Waals surface area contributed by atoms with E-state index in [9.17, 15) is 8.42 Å². The first-order chi connectivity index (χ1) is 11.2. The minimum Gasteiger partial charge on any atom is -0.356 e. The molecule has 0 unspecified atom stereocenters. The Balaban J connectivity index is 2.51. The van der Waals surface area contributed by atoms with Crippen molar-refractivity contribution in [3.8, 4) is 0 Å². The Morgan fingerprint density at radius 2 is 1.75 bits per heavy atom. The van der Waals surface area contributed by atoms with Gasteiger partial charge in [0.1, 0.15) is 0 Å². The molecule has 0 saturated carbocycles. The van der Waals surface area contributed by atoms with Gasteiger partial charge in [0.05, 0.1) is 6.26 Å². The molecule has 7 heteroatoms. The number of hydrogen-bond acceptors (Lipinski definition) is 3. The van der Waals surface area contributed by atoms with E-state index in [1.807, 2.05) is 0 Å². The van der Waals surface area contributed by atoms with Gasteiger partial charge in [0.25, 0.3) is 0 Å². The molecule has 1 rings (SSSR count). The number of nitrogens with one attached hydrogen (secondary N) is 3. The molecule has 1 aromatic carbocycles. The van der Waals surface area contributed by atoms with Crippen LogP contribution in [0.5, 0.6) is 0 Å². The Labute approximate surface area is 146 Å². The quantitative estimate of drug-likeness (QED) is 0.373. The zero-order valence-electron chi connectivity index (χ0n) is 15.3. The summed E-state index contributed by atoms with van der Waals surface area (Å²) in [5.41, 5.74) is 2.55. The first-order valence-corrected chi connectivity index (χ1v) is 10.1. The summed E-state index contributed by atoms with van der Waals surface area (Å²) in [7, 11) is -1.46. The molecule has 0 fully saturated rings. The van der Waals surface area contributed by atoms with Crippen LogP contribution >= 0.6 is 0 Å². The molecule has 0 heterocycles. The molecule has 0 spiro atoms. The van der Waals surface area contributed by atoms with Gasteiger partial charge in [-0.25, -0.2) is 13.1 Å². The van der Waals surface area contributed by atoms with Crippen molar-refractivity contribution < 1.29 is 8.42 Å². The number of nitrogens with zero attached hydrogens (tertiary/aromatic N) is 1. The normalized spacial score (nSPS) is 13.0. The van der Waals surface area contributed by atoms with Crippen molar-refractivity contribution >= 4 is 16.0 Å². The number of benzene rings is 1. The second kappa shape index (κ2) is 9.03. The van der Waals surface area contributed by atoms with Crippen molar-refractivity contribution in [3.63, 3.8) is 0 Å². The zero-order valence-corrected chi connectivity index (χ0v) is 16.1. The van der Waals surface area contributed by atoms with Gasteiger partial charge in [-0.2, -0.15) is 0 Å². The molecule has 0 aliphatic carbocycles. The van der Waals surface area contributed by atoms with E-state index in [0.717, 1.165) is 19.2 Å². The van der Waals surface area contributed by atoms with Crippen molar-refractivity contribution in [1.82, 2.24) is 15.4 Å². The van der Waals surface area contributed by atoms with Crippen LogP contribution in [0.1, 0.15) is 31.9 Å². The average molecular weight is 355 g/mol. The first kappa shape index (κ1) is 20.4. The molecular formula is C17H30N4O2S. The van der Waals surface area contributed by atoms with Gasteiger partial charge < -0.3 is 10.6 Å². The fourth-order valence-corrected chi connectivity index (χ4v) is 2.71. The highest BCUT2D eigenvalue weighted by Gasteiger charge is 2.20. The van der Waals surface area contributed by atoms with E-state index in [4.69, 9.17) is 0 Å². The number of aryl methyl sites for hydroxylation is 1. The lowest BCUT2D eigenvalue weighted by molar-refractivity contribution is 0.508. The van der Waals surface area contributed by atoms with Crippen molar-refractivity contribution in [1.29, 1.82) is 0 Å². The highest BCUT2D eigenvalue weighted by atomic mass is 32.2. The largest absolute Gasteiger partial charge is 0.356 e. The van der Waals surface area contributed by atoms with Crippen LogP contribution in [0.15, 0.2) is 29.3 Å². The van der Waals surface area contributed by atoms with E-state index >= 15 is 0 Å². The smallest absolute Gasteiger partial charge is 0.208 e. The van der Waals surface area contributed by atoms with Gasteiger partial charge in [0.15, 0.2) is 5.96 Å². The lowest BCUT2D eigenvalue weighted by Gasteiger charge is -2.27. The summed E-state index contributed by atoms with van der Waals surface area (Å²) in [6.07, 6.45) is 2.18. The minimum atomic E-state index is -3.16. The molecule has 1 aromatic rings. The number of guanidine groups is 1. The van der Waals surface area contributed by atoms with Crippen molar-refractivity contribution in [3.05, 3.63) is 35.4 Å². The second-order valence-corrected chi connectivity index (χ2v) is 8.29. The maximum atomic E-state index is 11.0. The standard InChI is InChI=1S/C17H30N4O2S/c1-6-14-7-9-15(10-8-14)17(2,3)13-20-16(18-4)19-11-12-21-24(5,22)23/h7-10,21H,6,11-13H2,1-5H3,(H2,18,19,20). The second-order valence-electron chi connectivity index (χ2n) is 6.45. The molecule has 0 aliphatic rings. The summed E-state index contributed by atoms with van der Waals surface area (Å²) in [6.45, 7) is 8.02. The van der Waals surface area contributed by atoms with Crippen LogP contribution in [-0.2, 0) is 21.9 Å². The number of hydrogen-bond donors (Lipinski definition) is 3. The highest BCUT2D eigenvalue weighted by Crippen LogP contribution is 2.22. The van der Waals surface area contributed by atoms with Gasteiger partial charge in [-0.1, -0.05) is 45.0 Å². The maximum absolute atomic E-state index is 11.0. The maximum Gasteiger partial charge on any atom is 0.208 e. The predicted octanol–water partition coefficient (Wildman–Crippen LogP) is 1.24. The van der Waals surface area contributed by atoms with Crippen LogP contribution in [0, 0.1) is 0 Å². The number of rotatable bonds is 8. The SMILES string of the molecule is CCc1ccc(C(C)(C)CNC(=NC)NCCNS(C)(=O)=O)cc1. The van der Waals surface area contributed by atoms with Crippen LogP contribution in [0.3, 0.4) is 0 Å². The molecule has 0 aliphatic heterocycles. The molecule has 0 atom stereocenters. The Kier molecular flexibility index (Phi) is 7.69. The molecule has 136 valence electrons. The summed E-state index contributed by atoms with van der Waals surface area (Å²) in [4.78, 5) is 4.16. The molecule has 24 heavy (non-hydrogen) atoms. The van der Waals surface area contributed by atoms with Gasteiger partial charge in [0.2, 0.25) is 10.0 Å². The van der Waals surface area contributed by atoms with Gasteiger partial charge in [-0.15, -0.1) is 0 Å². The molecule has 0 amide bonds. The van der Waals surface area contributed by atoms with Crippen molar-refractivity contribution in [2.24, 2.45) is 4.99 Å². The van der Waals surface area contributed by atoms with Crippen molar-refractivity contribution in [2.75, 3.05) is 32.9 Å². The summed E-state index contributed by atoms with van der Waals surface area (Å²) in [6, 6.07) is 8.68. The molecule has 6 nitrogen and oxygen atoms in total. The zero-order chi connectivity index (χ0) is 18.2. The number of sulfonamides is 1. The minimum absolute atomic E-state index is 0.0467. The monoisotopic (exact) mass is 354 g/mol. The Morgan fingerprint density at radius 3 is 2.25 bits per heavy atom. The Bertz CT molecular complexity index is 637. The Hall–Kier alpha value is -1.60. The lowest BCUT2D eigenvalue weighted by atomic mass is 9.84. The van der Waals surface area contributed by atoms with E-state index in [1.54, 1.807) is 7.05 Å². The van der Waals surface area contributed by atoms with Crippen LogP contribution < -0.4 is 15.4 Å². The molecule has 3 N–H and O–H groups in total. The van der Waals surface area contributed by atoms with Gasteiger partial charge in [0, 0.05) is 32.1 Å². The van der Waals surface area contributed by atoms with Crippen LogP contribution in [0.4, 0.5) is 0 Å². The fraction of sp³-hybridized carbons (Fsp3) is 0.588. The van der Waals surface area contributed by atoms with E-state index in [0.29, 0.717) is 19.0 Å². The van der Waals surface area contributed by atoms with Gasteiger partial charge in [-0.05, 0) is 17.5 Å². The van der Waals surface area contributed by atoms with Gasteiger partial charge >= 0.3 is 0 Å². The van der Waals surface area contributed by atoms with Crippen LogP contribution in [-0.4, -0.2) is 47.3 Å². The molecule has 0 radical (unpaired) electrons. The fourth-order valence-electron chi connectivity index (χ4n) is 2.24. The Morgan fingerprint density at radius 1 is 1.12 bits per heavy atom. The third-order valence-corrected chi connectivity index (χ3v) is 4.58. The van der Waals surface area contributed by atoms with E-state index < -0.39 is 10.0 Å². The summed E-state index contributed by atoms with van der Waals surface area (Å²) < 4.78 is 24.5. The van der Waals surface area contributed by atoms with E-state index in [2.05, 4.69) is 65.4 Å². The summed E-state index contributed by atoms with van der Waals surface area (Å²) in [5.74, 6) is 0.656. The predicted molar refractivity (Wildman–Crippen MR) is 101 cm³/mol. The lowest BCUT2D eigenvalue weighted by Crippen LogP contribution is -2.45. The van der Waals surface area contributed by atoms with Crippen LogP contribution in [0.2, 0.25) is 0 Å². The third kappa shape index (κ3) is 7.31. The average Bonchev–Trinajstić information content (AvgIpc) is 2.53. The third-order valence-electron chi connectivity index (χ3n) is 3.85. The summed E-state index contributed by atoms with van der Waals surface area (Å²) >= 11 is 0. The van der Waals surface area contributed by atoms with E-state index in [-0.39, 0.29) is 5.41 Å². The van der Waals surface area contributed by atoms with Gasteiger partial charge in [-0.3, -0.25) is 4.99 Å². The molecular weight excluding hydrogens is 324 g/mol. The number of aliphatic imine (C=N–C) groups is 1. The highest BCUT2D eigenvalue weighted by molar-refractivity contribution is 7.88. The summed E-state index contributed by atoms with van der Waals surface area (Å²) in [5, 5.41) is 6.39. The molecule has 0 saturated heterocycles.